The molecule has 1 atom stereocenters. The van der Waals surface area contributed by atoms with Gasteiger partial charge in [0.2, 0.25) is 10.0 Å². The normalized spacial score (nSPS) is 20.5. The summed E-state index contributed by atoms with van der Waals surface area (Å²) in [6, 6.07) is 4.66. The number of nitrogens with zero attached hydrogens (tertiary/aromatic N) is 2. The van der Waals surface area contributed by atoms with Crippen molar-refractivity contribution in [1.82, 2.24) is 8.96 Å². The fraction of sp³-hybridized carbons (Fsp3) is 0.294. The molecule has 2 heterocycles. The van der Waals surface area contributed by atoms with Gasteiger partial charge in [-0.05, 0) is 50.6 Å². The van der Waals surface area contributed by atoms with Gasteiger partial charge in [-0.2, -0.15) is 0 Å². The van der Waals surface area contributed by atoms with Crippen LogP contribution in [0.15, 0.2) is 47.7 Å². The minimum absolute atomic E-state index is 0.0733. The molecule has 0 fully saturated rings. The summed E-state index contributed by atoms with van der Waals surface area (Å²) >= 11 is 6.04. The second-order valence-electron chi connectivity index (χ2n) is 5.88. The molecule has 1 aliphatic carbocycles. The van der Waals surface area contributed by atoms with Crippen LogP contribution in [-0.2, 0) is 14.8 Å². The maximum Gasteiger partial charge on any atom is 0.356 e. The first kappa shape index (κ1) is 17.7. The van der Waals surface area contributed by atoms with Crippen LogP contribution in [0.5, 0.6) is 0 Å². The largest absolute Gasteiger partial charge is 0.461 e. The molecular formula is C17H17ClN2O4S. The molecule has 1 unspecified atom stereocenters. The zero-order chi connectivity index (χ0) is 18.2. The molecule has 1 aliphatic rings. The van der Waals surface area contributed by atoms with E-state index < -0.39 is 20.7 Å². The van der Waals surface area contributed by atoms with Crippen LogP contribution < -0.4 is 0 Å². The molecule has 0 saturated carbocycles. The monoisotopic (exact) mass is 380 g/mol. The van der Waals surface area contributed by atoms with Crippen molar-refractivity contribution in [3.05, 3.63) is 53.4 Å². The van der Waals surface area contributed by atoms with Gasteiger partial charge in [0.05, 0.1) is 17.6 Å². The highest BCUT2D eigenvalue weighted by molar-refractivity contribution is 7.91. The first-order valence-corrected chi connectivity index (χ1v) is 9.55. The molecule has 0 amide bonds. The molecule has 0 saturated heterocycles. The Bertz CT molecular complexity index is 1010. The lowest BCUT2D eigenvalue weighted by molar-refractivity contribution is 0.0518. The molecule has 2 aromatic rings. The number of ether oxygens (including phenoxy) is 1. The van der Waals surface area contributed by atoms with Crippen molar-refractivity contribution in [3.8, 4) is 0 Å². The second-order valence-corrected chi connectivity index (χ2v) is 8.56. The molecule has 132 valence electrons. The molecule has 0 spiro atoms. The molecule has 6 nitrogen and oxygen atoms in total. The van der Waals surface area contributed by atoms with E-state index in [9.17, 15) is 13.2 Å². The van der Waals surface area contributed by atoms with Crippen LogP contribution in [0, 0.1) is 0 Å². The molecule has 0 N–H and O–H groups in total. The number of allylic oxidation sites excluding steroid dienone is 3. The number of rotatable bonds is 4. The van der Waals surface area contributed by atoms with Crippen molar-refractivity contribution in [1.29, 1.82) is 0 Å². The molecule has 0 aliphatic heterocycles. The zero-order valence-corrected chi connectivity index (χ0v) is 15.3. The second kappa shape index (κ2) is 6.31. The lowest BCUT2D eigenvalue weighted by Gasteiger charge is -2.28. The van der Waals surface area contributed by atoms with Crippen LogP contribution in [0.2, 0.25) is 0 Å². The minimum Gasteiger partial charge on any atom is -0.461 e. The van der Waals surface area contributed by atoms with Crippen LogP contribution in [0.4, 0.5) is 0 Å². The summed E-state index contributed by atoms with van der Waals surface area (Å²) in [6.45, 7) is 3.37. The standard InChI is InChI=1S/C17H17ClN2O4S/c1-3-24-16(21)15-10-13-14(7-5-9-19-13)20(15)25(22,23)17(2)8-4-6-12(18)11-17/h4-7,9-11H,3,8H2,1-2H3. The fourth-order valence-corrected chi connectivity index (χ4v) is 5.00. The van der Waals surface area contributed by atoms with Gasteiger partial charge in [0.25, 0.3) is 0 Å². The lowest BCUT2D eigenvalue weighted by Crippen LogP contribution is -2.39. The molecule has 8 heteroatoms. The van der Waals surface area contributed by atoms with Crippen LogP contribution >= 0.6 is 11.6 Å². The van der Waals surface area contributed by atoms with E-state index in [2.05, 4.69) is 4.98 Å². The van der Waals surface area contributed by atoms with Gasteiger partial charge in [-0.1, -0.05) is 17.7 Å². The van der Waals surface area contributed by atoms with Crippen molar-refractivity contribution in [2.24, 2.45) is 0 Å². The average Bonchev–Trinajstić information content (AvgIpc) is 2.95. The van der Waals surface area contributed by atoms with Crippen molar-refractivity contribution in [3.63, 3.8) is 0 Å². The molecule has 3 rings (SSSR count). The molecule has 0 aromatic carbocycles. The number of carbonyl (C=O) groups is 1. The zero-order valence-electron chi connectivity index (χ0n) is 13.8. The van der Waals surface area contributed by atoms with Gasteiger partial charge in [0.1, 0.15) is 10.4 Å². The van der Waals surface area contributed by atoms with E-state index in [-0.39, 0.29) is 18.7 Å². The summed E-state index contributed by atoms with van der Waals surface area (Å²) in [5, 5.41) is 0.338. The van der Waals surface area contributed by atoms with E-state index in [0.717, 1.165) is 3.97 Å². The number of carbonyl (C=O) groups excluding carboxylic acids is 1. The topological polar surface area (TPSA) is 78.3 Å². The van der Waals surface area contributed by atoms with E-state index >= 15 is 0 Å². The molecular weight excluding hydrogens is 364 g/mol. The highest BCUT2D eigenvalue weighted by Gasteiger charge is 2.42. The van der Waals surface area contributed by atoms with Crippen molar-refractivity contribution < 1.29 is 17.9 Å². The number of halogens is 1. The summed E-state index contributed by atoms with van der Waals surface area (Å²) in [5.41, 5.74) is 0.654. The predicted octanol–water partition coefficient (Wildman–Crippen LogP) is 3.23. The van der Waals surface area contributed by atoms with Gasteiger partial charge >= 0.3 is 5.97 Å². The van der Waals surface area contributed by atoms with Gasteiger partial charge in [0.15, 0.2) is 0 Å². The van der Waals surface area contributed by atoms with Crippen molar-refractivity contribution >= 4 is 38.6 Å². The maximum atomic E-state index is 13.4. The van der Waals surface area contributed by atoms with Crippen LogP contribution in [0.25, 0.3) is 11.0 Å². The Labute approximate surface area is 150 Å². The number of fused-ring (bicyclic) bond motifs is 1. The Morgan fingerprint density at radius 2 is 2.24 bits per heavy atom. The van der Waals surface area contributed by atoms with E-state index in [1.165, 1.54) is 18.3 Å². The molecule has 25 heavy (non-hydrogen) atoms. The third-order valence-electron chi connectivity index (χ3n) is 4.08. The Morgan fingerprint density at radius 1 is 1.48 bits per heavy atom. The van der Waals surface area contributed by atoms with Gasteiger partial charge in [0, 0.05) is 11.2 Å². The van der Waals surface area contributed by atoms with E-state index in [0.29, 0.717) is 16.1 Å². The van der Waals surface area contributed by atoms with Gasteiger partial charge in [-0.3, -0.25) is 4.98 Å². The van der Waals surface area contributed by atoms with Crippen molar-refractivity contribution in [2.75, 3.05) is 6.61 Å². The SMILES string of the molecule is CCOC(=O)c1cc2ncccc2n1S(=O)(=O)C1(C)C=C(Cl)C=CC1. The number of pyridine rings is 1. The molecule has 0 bridgehead atoms. The maximum absolute atomic E-state index is 13.4. The molecule has 2 aromatic heterocycles. The van der Waals surface area contributed by atoms with E-state index in [1.54, 1.807) is 38.1 Å². The number of hydrogen-bond acceptors (Lipinski definition) is 5. The summed E-state index contributed by atoms with van der Waals surface area (Å²) in [5.74, 6) is -0.714. The third-order valence-corrected chi connectivity index (χ3v) is 6.66. The summed E-state index contributed by atoms with van der Waals surface area (Å²) in [6.07, 6.45) is 6.62. The number of hydrogen-bond donors (Lipinski definition) is 0. The minimum atomic E-state index is -4.01. The van der Waals surface area contributed by atoms with Crippen LogP contribution in [0.1, 0.15) is 30.8 Å². The summed E-state index contributed by atoms with van der Waals surface area (Å²) < 4.78 is 31.7. The van der Waals surface area contributed by atoms with Crippen LogP contribution in [-0.4, -0.2) is 34.7 Å². The first-order valence-electron chi connectivity index (χ1n) is 7.74. The van der Waals surface area contributed by atoms with Gasteiger partial charge < -0.3 is 4.74 Å². The smallest absolute Gasteiger partial charge is 0.356 e. The van der Waals surface area contributed by atoms with Crippen molar-refractivity contribution in [2.45, 2.75) is 25.0 Å². The molecule has 0 radical (unpaired) electrons. The Hall–Kier alpha value is -2.12. The summed E-state index contributed by atoms with van der Waals surface area (Å²) in [4.78, 5) is 16.5. The summed E-state index contributed by atoms with van der Waals surface area (Å²) in [7, 11) is -4.01. The quantitative estimate of drug-likeness (QED) is 0.761. The number of aromatic nitrogens is 2. The van der Waals surface area contributed by atoms with Crippen LogP contribution in [0.3, 0.4) is 0 Å². The Kier molecular flexibility index (Phi) is 4.47. The van der Waals surface area contributed by atoms with E-state index in [1.807, 2.05) is 0 Å². The lowest BCUT2D eigenvalue weighted by atomic mass is 10.0. The Morgan fingerprint density at radius 3 is 2.92 bits per heavy atom. The number of esters is 1. The highest BCUT2D eigenvalue weighted by atomic mass is 35.5. The average molecular weight is 381 g/mol. The third kappa shape index (κ3) is 2.87. The van der Waals surface area contributed by atoms with Gasteiger partial charge in [-0.25, -0.2) is 17.2 Å². The fourth-order valence-electron chi connectivity index (χ4n) is 2.81. The first-order chi connectivity index (χ1) is 11.8. The van der Waals surface area contributed by atoms with E-state index in [4.69, 9.17) is 16.3 Å². The van der Waals surface area contributed by atoms with Gasteiger partial charge in [-0.15, -0.1) is 0 Å². The highest BCUT2D eigenvalue weighted by Crippen LogP contribution is 2.35. The predicted molar refractivity (Wildman–Crippen MR) is 96.1 cm³/mol. The Balaban J connectivity index is 2.28.